The van der Waals surface area contributed by atoms with Crippen molar-refractivity contribution >= 4 is 5.91 Å². The Morgan fingerprint density at radius 3 is 2.88 bits per heavy atom. The van der Waals surface area contributed by atoms with E-state index in [9.17, 15) is 9.18 Å². The number of ether oxygens (including phenoxy) is 3. The minimum absolute atomic E-state index is 0.191. The third kappa shape index (κ3) is 4.41. The summed E-state index contributed by atoms with van der Waals surface area (Å²) in [4.78, 5) is 12.1. The molecule has 0 aliphatic carbocycles. The maximum Gasteiger partial charge on any atom is 0.260 e. The van der Waals surface area contributed by atoms with Crippen LogP contribution in [0.5, 0.6) is 17.2 Å². The van der Waals surface area contributed by atoms with Gasteiger partial charge in [0.15, 0.2) is 17.6 Å². The summed E-state index contributed by atoms with van der Waals surface area (Å²) >= 11 is 0. The average molecular weight is 345 g/mol. The number of halogens is 1. The second-order valence-electron chi connectivity index (χ2n) is 5.76. The molecule has 6 heteroatoms. The second kappa shape index (κ2) is 7.88. The molecule has 25 heavy (non-hydrogen) atoms. The molecule has 2 aromatic rings. The molecular weight excluding hydrogens is 325 g/mol. The lowest BCUT2D eigenvalue weighted by Gasteiger charge is -2.15. The number of nitrogens with one attached hydrogen (secondary N) is 1. The zero-order chi connectivity index (χ0) is 17.6. The number of benzene rings is 2. The molecule has 1 heterocycles. The first-order valence-electron chi connectivity index (χ1n) is 8.21. The van der Waals surface area contributed by atoms with Crippen LogP contribution in [0.3, 0.4) is 0 Å². The first-order chi connectivity index (χ1) is 12.1. The van der Waals surface area contributed by atoms with Crippen molar-refractivity contribution in [3.05, 3.63) is 53.8 Å². The molecule has 3 rings (SSSR count). The maximum atomic E-state index is 13.5. The van der Waals surface area contributed by atoms with Crippen molar-refractivity contribution < 1.29 is 23.4 Å². The summed E-state index contributed by atoms with van der Waals surface area (Å²) in [7, 11) is 0. The number of hydrogen-bond donors (Lipinski definition) is 1. The third-order valence-corrected chi connectivity index (χ3v) is 3.91. The molecule has 132 valence electrons. The molecule has 1 aliphatic heterocycles. The van der Waals surface area contributed by atoms with E-state index < -0.39 is 6.10 Å². The fourth-order valence-corrected chi connectivity index (χ4v) is 2.54. The maximum absolute atomic E-state index is 13.5. The van der Waals surface area contributed by atoms with Gasteiger partial charge in [0.05, 0.1) is 0 Å². The molecular formula is C19H20FNO4. The molecule has 1 N–H and O–H groups in total. The number of aryl methyl sites for hydroxylation is 1. The van der Waals surface area contributed by atoms with Gasteiger partial charge in [0.1, 0.15) is 11.6 Å². The Bertz CT molecular complexity index is 750. The molecule has 0 aromatic heterocycles. The Morgan fingerprint density at radius 2 is 2.04 bits per heavy atom. The molecule has 0 fully saturated rings. The zero-order valence-electron chi connectivity index (χ0n) is 14.0. The lowest BCUT2D eigenvalue weighted by atomic mass is 10.1. The van der Waals surface area contributed by atoms with Crippen LogP contribution in [0.2, 0.25) is 0 Å². The van der Waals surface area contributed by atoms with Gasteiger partial charge in [-0.25, -0.2) is 4.39 Å². The van der Waals surface area contributed by atoms with Crippen molar-refractivity contribution in [2.45, 2.75) is 25.9 Å². The molecule has 1 aliphatic rings. The van der Waals surface area contributed by atoms with Crippen molar-refractivity contribution in [2.24, 2.45) is 0 Å². The molecule has 0 saturated carbocycles. The van der Waals surface area contributed by atoms with Gasteiger partial charge >= 0.3 is 0 Å². The quantitative estimate of drug-likeness (QED) is 0.784. The first-order valence-corrected chi connectivity index (χ1v) is 8.21. The van der Waals surface area contributed by atoms with Crippen molar-refractivity contribution in [1.82, 2.24) is 5.32 Å². The van der Waals surface area contributed by atoms with Gasteiger partial charge in [-0.2, -0.15) is 0 Å². The smallest absolute Gasteiger partial charge is 0.260 e. The highest BCUT2D eigenvalue weighted by atomic mass is 19.1. The molecule has 0 saturated heterocycles. The second-order valence-corrected chi connectivity index (χ2v) is 5.76. The Hall–Kier alpha value is -2.76. The highest BCUT2D eigenvalue weighted by Crippen LogP contribution is 2.35. The largest absolute Gasteiger partial charge is 0.481 e. The predicted molar refractivity (Wildman–Crippen MR) is 90.4 cm³/mol. The molecule has 1 amide bonds. The van der Waals surface area contributed by atoms with E-state index in [2.05, 4.69) is 5.32 Å². The highest BCUT2D eigenvalue weighted by molar-refractivity contribution is 5.80. The SMILES string of the molecule is CC(Oc1ccc2c(c1)OCO2)C(=O)NCCCc1ccccc1F. The summed E-state index contributed by atoms with van der Waals surface area (Å²) in [5.74, 6) is 1.38. The van der Waals surface area contributed by atoms with E-state index in [0.29, 0.717) is 42.2 Å². The van der Waals surface area contributed by atoms with Crippen LogP contribution in [0.4, 0.5) is 4.39 Å². The fraction of sp³-hybridized carbons (Fsp3) is 0.316. The van der Waals surface area contributed by atoms with Crippen molar-refractivity contribution in [3.8, 4) is 17.2 Å². The van der Waals surface area contributed by atoms with E-state index in [0.717, 1.165) is 0 Å². The van der Waals surface area contributed by atoms with E-state index in [1.807, 2.05) is 0 Å². The minimum Gasteiger partial charge on any atom is -0.481 e. The third-order valence-electron chi connectivity index (χ3n) is 3.91. The lowest BCUT2D eigenvalue weighted by molar-refractivity contribution is -0.127. The van der Waals surface area contributed by atoms with Gasteiger partial charge in [0, 0.05) is 12.6 Å². The van der Waals surface area contributed by atoms with Crippen LogP contribution < -0.4 is 19.5 Å². The molecule has 1 atom stereocenters. The minimum atomic E-state index is -0.645. The number of rotatable bonds is 7. The van der Waals surface area contributed by atoms with E-state index >= 15 is 0 Å². The fourth-order valence-electron chi connectivity index (χ4n) is 2.54. The van der Waals surface area contributed by atoms with Gasteiger partial charge in [-0.1, -0.05) is 18.2 Å². The molecule has 2 aromatic carbocycles. The molecule has 5 nitrogen and oxygen atoms in total. The summed E-state index contributed by atoms with van der Waals surface area (Å²) in [6, 6.07) is 11.8. The molecule has 0 bridgehead atoms. The molecule has 0 radical (unpaired) electrons. The van der Waals surface area contributed by atoms with Gasteiger partial charge in [-0.05, 0) is 43.5 Å². The van der Waals surface area contributed by atoms with E-state index in [-0.39, 0.29) is 18.5 Å². The van der Waals surface area contributed by atoms with Crippen molar-refractivity contribution in [2.75, 3.05) is 13.3 Å². The average Bonchev–Trinajstić information content (AvgIpc) is 3.07. The van der Waals surface area contributed by atoms with Crippen LogP contribution in [0.25, 0.3) is 0 Å². The Balaban J connectivity index is 1.42. The van der Waals surface area contributed by atoms with Crippen LogP contribution in [0.15, 0.2) is 42.5 Å². The zero-order valence-corrected chi connectivity index (χ0v) is 14.0. The Labute approximate surface area is 145 Å². The van der Waals surface area contributed by atoms with E-state index in [1.54, 1.807) is 43.3 Å². The van der Waals surface area contributed by atoms with Gasteiger partial charge in [-0.3, -0.25) is 4.79 Å². The Morgan fingerprint density at radius 1 is 1.24 bits per heavy atom. The van der Waals surface area contributed by atoms with Crippen LogP contribution >= 0.6 is 0 Å². The number of carbonyl (C=O) groups is 1. The van der Waals surface area contributed by atoms with Gasteiger partial charge < -0.3 is 19.5 Å². The first kappa shape index (κ1) is 17.1. The number of carbonyl (C=O) groups excluding carboxylic acids is 1. The summed E-state index contributed by atoms with van der Waals surface area (Å²) in [5, 5.41) is 2.80. The Kier molecular flexibility index (Phi) is 5.38. The van der Waals surface area contributed by atoms with Crippen LogP contribution in [0.1, 0.15) is 18.9 Å². The molecule has 1 unspecified atom stereocenters. The lowest BCUT2D eigenvalue weighted by Crippen LogP contribution is -2.36. The topological polar surface area (TPSA) is 56.8 Å². The van der Waals surface area contributed by atoms with Gasteiger partial charge in [0.2, 0.25) is 6.79 Å². The number of hydrogen-bond acceptors (Lipinski definition) is 4. The number of fused-ring (bicyclic) bond motifs is 1. The van der Waals surface area contributed by atoms with Crippen LogP contribution in [-0.2, 0) is 11.2 Å². The van der Waals surface area contributed by atoms with Crippen molar-refractivity contribution in [3.63, 3.8) is 0 Å². The molecule has 0 spiro atoms. The summed E-state index contributed by atoms with van der Waals surface area (Å²) < 4.78 is 29.7. The van der Waals surface area contributed by atoms with E-state index in [1.165, 1.54) is 6.07 Å². The van der Waals surface area contributed by atoms with Gasteiger partial charge in [0.25, 0.3) is 5.91 Å². The van der Waals surface area contributed by atoms with E-state index in [4.69, 9.17) is 14.2 Å². The standard InChI is InChI=1S/C19H20FNO4/c1-13(25-15-8-9-17-18(11-15)24-12-23-17)19(22)21-10-4-6-14-5-2-3-7-16(14)20/h2-3,5,7-9,11,13H,4,6,10,12H2,1H3,(H,21,22). The van der Waals surface area contributed by atoms with Crippen LogP contribution in [-0.4, -0.2) is 25.3 Å². The van der Waals surface area contributed by atoms with Crippen LogP contribution in [0, 0.1) is 5.82 Å². The van der Waals surface area contributed by atoms with Crippen molar-refractivity contribution in [1.29, 1.82) is 0 Å². The summed E-state index contributed by atoms with van der Waals surface area (Å²) in [5.41, 5.74) is 0.654. The summed E-state index contributed by atoms with van der Waals surface area (Å²) in [6.07, 6.45) is 0.585. The monoisotopic (exact) mass is 345 g/mol. The normalized spacial score (nSPS) is 13.4. The highest BCUT2D eigenvalue weighted by Gasteiger charge is 2.18. The van der Waals surface area contributed by atoms with Gasteiger partial charge in [-0.15, -0.1) is 0 Å². The predicted octanol–water partition coefficient (Wildman–Crippen LogP) is 3.07. The summed E-state index contributed by atoms with van der Waals surface area (Å²) in [6.45, 7) is 2.33. The number of amides is 1.